The molecule has 0 aromatic carbocycles. The van der Waals surface area contributed by atoms with Crippen molar-refractivity contribution < 1.29 is 164 Å². The molecule has 0 amide bonds. The summed E-state index contributed by atoms with van der Waals surface area (Å²) in [5.41, 5.74) is 0. The first-order valence-corrected chi connectivity index (χ1v) is 0.911. The van der Waals surface area contributed by atoms with Gasteiger partial charge < -0.3 is 6.58 Å². The van der Waals surface area contributed by atoms with E-state index in [1.54, 1.807) is 6.92 Å². The Labute approximate surface area is 178 Å². The Bertz CT molecular complexity index is 15.1. The zero-order valence-corrected chi connectivity index (χ0v) is 19.2. The van der Waals surface area contributed by atoms with Gasteiger partial charge in [-0.05, 0) is 0 Å². The standard InChI is InChI=1S/C3H5.5Y/c1-3-2;;;;;/h1,3H,2H3;;;;;/q-1;;;;;. The fourth-order valence-electron chi connectivity index (χ4n) is 0. The second kappa shape index (κ2) is 39.7. The monoisotopic (exact) mass is 486 g/mol. The van der Waals surface area contributed by atoms with E-state index in [0.29, 0.717) is 0 Å². The van der Waals surface area contributed by atoms with Gasteiger partial charge in [0.2, 0.25) is 0 Å². The average molecular weight is 486 g/mol. The maximum atomic E-state index is 4.72. The summed E-state index contributed by atoms with van der Waals surface area (Å²) in [7, 11) is 0. The predicted octanol–water partition coefficient (Wildman–Crippen LogP) is 0.983. The van der Waals surface area contributed by atoms with Crippen molar-refractivity contribution >= 4 is 0 Å². The number of allylic oxidation sites excluding steroid dienone is 1. The van der Waals surface area contributed by atoms with Crippen LogP contribution in [0.2, 0.25) is 0 Å². The normalized spacial score (nSPS) is 1.62. The first-order valence-electron chi connectivity index (χ1n) is 0.911. The van der Waals surface area contributed by atoms with Crippen molar-refractivity contribution in [2.45, 2.75) is 6.92 Å². The summed E-state index contributed by atoms with van der Waals surface area (Å²) < 4.78 is 0. The molecule has 0 aromatic heterocycles. The van der Waals surface area contributed by atoms with Crippen LogP contribution in [0.25, 0.3) is 0 Å². The summed E-state index contributed by atoms with van der Waals surface area (Å²) in [6, 6.07) is 0. The zero-order valence-electron chi connectivity index (χ0n) is 5.04. The van der Waals surface area contributed by atoms with Crippen molar-refractivity contribution in [3.63, 3.8) is 0 Å². The Morgan fingerprint density at radius 1 is 0.875 bits per heavy atom. The summed E-state index contributed by atoms with van der Waals surface area (Å²) in [4.78, 5) is 0. The molecule has 8 heavy (non-hydrogen) atoms. The van der Waals surface area contributed by atoms with Crippen LogP contribution in [0.15, 0.2) is 6.08 Å². The van der Waals surface area contributed by atoms with Crippen LogP contribution in [0.4, 0.5) is 0 Å². The third-order valence-electron chi connectivity index (χ3n) is 0. The average Bonchev–Trinajstić information content (AvgIpc) is 0.918. The second-order valence-electron chi connectivity index (χ2n) is 0.333. The van der Waals surface area contributed by atoms with Crippen LogP contribution in [0.1, 0.15) is 6.92 Å². The van der Waals surface area contributed by atoms with Gasteiger partial charge in [-0.15, -0.1) is 0 Å². The van der Waals surface area contributed by atoms with Gasteiger partial charge in [0.25, 0.3) is 0 Å². The van der Waals surface area contributed by atoms with Crippen molar-refractivity contribution in [3.8, 4) is 0 Å². The molecule has 0 spiro atoms. The molecule has 0 heterocycles. The van der Waals surface area contributed by atoms with Crippen LogP contribution in [0.5, 0.6) is 0 Å². The molecule has 33 valence electrons. The smallest absolute Gasteiger partial charge is 0 e. The molecule has 0 aliphatic heterocycles. The maximum Gasteiger partial charge on any atom is 0 e. The van der Waals surface area contributed by atoms with E-state index in [1.165, 1.54) is 6.08 Å². The first kappa shape index (κ1) is 37.8. The molecule has 0 aliphatic carbocycles. The van der Waals surface area contributed by atoms with Crippen LogP contribution in [0, 0.1) is 6.58 Å². The summed E-state index contributed by atoms with van der Waals surface area (Å²) in [6.45, 7) is 6.50. The molecule has 0 aromatic rings. The molecule has 0 N–H and O–H groups in total. The van der Waals surface area contributed by atoms with E-state index in [4.69, 9.17) is 6.58 Å². The summed E-state index contributed by atoms with van der Waals surface area (Å²) >= 11 is 0. The fraction of sp³-hybridized carbons (Fsp3) is 0.333. The minimum atomic E-state index is 0. The third-order valence-corrected chi connectivity index (χ3v) is 0. The SMILES string of the molecule is [CH-]=CC.[Y].[Y].[Y].[Y].[Y]. The van der Waals surface area contributed by atoms with E-state index in [0.717, 1.165) is 0 Å². The van der Waals surface area contributed by atoms with Gasteiger partial charge in [0.05, 0.1) is 0 Å². The first-order chi connectivity index (χ1) is 1.41. The van der Waals surface area contributed by atoms with Crippen LogP contribution in [-0.2, 0) is 164 Å². The van der Waals surface area contributed by atoms with Crippen molar-refractivity contribution in [2.24, 2.45) is 0 Å². The molecule has 0 rings (SSSR count). The van der Waals surface area contributed by atoms with Gasteiger partial charge in [-0.25, -0.2) is 0 Å². The Morgan fingerprint density at radius 3 is 0.875 bits per heavy atom. The van der Waals surface area contributed by atoms with E-state index < -0.39 is 0 Å². The van der Waals surface area contributed by atoms with E-state index in [1.807, 2.05) is 0 Å². The largest absolute Gasteiger partial charge is 0.518 e. The number of hydrogen-bond donors (Lipinski definition) is 0. The second-order valence-corrected chi connectivity index (χ2v) is 0.333. The van der Waals surface area contributed by atoms with Gasteiger partial charge >= 0.3 is 0 Å². The van der Waals surface area contributed by atoms with Gasteiger partial charge in [0.15, 0.2) is 0 Å². The maximum absolute atomic E-state index is 4.72. The summed E-state index contributed by atoms with van der Waals surface area (Å²) in [6.07, 6.45) is 1.50. The number of hydrogen-bond acceptors (Lipinski definition) is 0. The predicted molar refractivity (Wildman–Crippen MR) is 14.5 cm³/mol. The van der Waals surface area contributed by atoms with Gasteiger partial charge in [-0.1, -0.05) is 6.92 Å². The molecule has 5 radical (unpaired) electrons. The zero-order chi connectivity index (χ0) is 2.71. The topological polar surface area (TPSA) is 0 Å². The van der Waals surface area contributed by atoms with Gasteiger partial charge in [0.1, 0.15) is 0 Å². The molecular formula is C3H5Y5-. The Kier molecular flexibility index (Phi) is 188. The summed E-state index contributed by atoms with van der Waals surface area (Å²) in [5.74, 6) is 0. The van der Waals surface area contributed by atoms with E-state index in [-0.39, 0.29) is 164 Å². The van der Waals surface area contributed by atoms with Crippen LogP contribution >= 0.6 is 0 Å². The third kappa shape index (κ3) is 42.8. The van der Waals surface area contributed by atoms with E-state index in [9.17, 15) is 0 Å². The Hall–Kier alpha value is 5.26. The molecule has 0 aliphatic rings. The molecule has 0 nitrogen and oxygen atoms in total. The Morgan fingerprint density at radius 2 is 0.875 bits per heavy atom. The van der Waals surface area contributed by atoms with Crippen LogP contribution < -0.4 is 0 Å². The molecule has 0 saturated heterocycles. The van der Waals surface area contributed by atoms with E-state index >= 15 is 0 Å². The molecule has 0 fully saturated rings. The molecule has 0 unspecified atom stereocenters. The Balaban J connectivity index is -0.00000000200. The quantitative estimate of drug-likeness (QED) is 0.449. The van der Waals surface area contributed by atoms with Gasteiger partial charge in [0, 0.05) is 164 Å². The minimum absolute atomic E-state index is 0. The van der Waals surface area contributed by atoms with Crippen molar-refractivity contribution in [1.82, 2.24) is 0 Å². The van der Waals surface area contributed by atoms with Crippen LogP contribution in [-0.4, -0.2) is 0 Å². The van der Waals surface area contributed by atoms with Crippen molar-refractivity contribution in [3.05, 3.63) is 12.7 Å². The van der Waals surface area contributed by atoms with Gasteiger partial charge in [-0.2, -0.15) is 0 Å². The van der Waals surface area contributed by atoms with Crippen molar-refractivity contribution in [1.29, 1.82) is 0 Å². The van der Waals surface area contributed by atoms with Gasteiger partial charge in [-0.3, -0.25) is 6.08 Å². The molecule has 0 bridgehead atoms. The van der Waals surface area contributed by atoms with Crippen LogP contribution in [0.3, 0.4) is 0 Å². The summed E-state index contributed by atoms with van der Waals surface area (Å²) in [5, 5.41) is 0. The molecule has 0 saturated carbocycles. The molecule has 0 atom stereocenters. The number of rotatable bonds is 0. The fourth-order valence-corrected chi connectivity index (χ4v) is 0. The molecule has 5 heteroatoms. The van der Waals surface area contributed by atoms with E-state index in [2.05, 4.69) is 0 Å². The molecular weight excluding hydrogens is 481 g/mol. The minimum Gasteiger partial charge on any atom is -0.518 e. The van der Waals surface area contributed by atoms with Crippen molar-refractivity contribution in [2.75, 3.05) is 0 Å².